The molecule has 0 aromatic heterocycles. The Kier molecular flexibility index (Phi) is 3.42. The summed E-state index contributed by atoms with van der Waals surface area (Å²) in [4.78, 5) is 0. The summed E-state index contributed by atoms with van der Waals surface area (Å²) in [5, 5.41) is 0. The lowest BCUT2D eigenvalue weighted by atomic mass is 9.56. The Morgan fingerprint density at radius 2 is 2.00 bits per heavy atom. The Labute approximate surface area is 95.8 Å². The molecule has 0 nitrogen and oxygen atoms in total. The second-order valence-electron chi connectivity index (χ2n) is 6.52. The van der Waals surface area contributed by atoms with Gasteiger partial charge in [-0.1, -0.05) is 40.0 Å². The van der Waals surface area contributed by atoms with E-state index in [1.54, 1.807) is 0 Å². The minimum absolute atomic E-state index is 0.727. The second kappa shape index (κ2) is 4.47. The molecule has 2 fully saturated rings. The van der Waals surface area contributed by atoms with Crippen molar-refractivity contribution in [2.24, 2.45) is 23.2 Å². The van der Waals surface area contributed by atoms with E-state index < -0.39 is 0 Å². The first-order valence-electron chi connectivity index (χ1n) is 7.15. The number of hydrogen-bond donors (Lipinski definition) is 0. The van der Waals surface area contributed by atoms with E-state index in [9.17, 15) is 0 Å². The summed E-state index contributed by atoms with van der Waals surface area (Å²) >= 11 is 0. The summed E-state index contributed by atoms with van der Waals surface area (Å²) in [5.41, 5.74) is 0.727. The van der Waals surface area contributed by atoms with Gasteiger partial charge in [-0.3, -0.25) is 0 Å². The van der Waals surface area contributed by atoms with Crippen molar-refractivity contribution in [3.8, 4) is 0 Å². The second-order valence-corrected chi connectivity index (χ2v) is 6.52. The molecule has 2 aliphatic carbocycles. The van der Waals surface area contributed by atoms with Crippen LogP contribution >= 0.6 is 0 Å². The van der Waals surface area contributed by atoms with Crippen LogP contribution in [-0.4, -0.2) is 0 Å². The van der Waals surface area contributed by atoms with Crippen LogP contribution in [0.15, 0.2) is 0 Å². The van der Waals surface area contributed by atoms with Gasteiger partial charge in [0.2, 0.25) is 0 Å². The van der Waals surface area contributed by atoms with Crippen LogP contribution in [0, 0.1) is 23.2 Å². The minimum atomic E-state index is 0.727. The quantitative estimate of drug-likeness (QED) is 0.597. The maximum Gasteiger partial charge on any atom is -0.0295 e. The van der Waals surface area contributed by atoms with Crippen molar-refractivity contribution in [3.63, 3.8) is 0 Å². The Bertz CT molecular complexity index is 208. The topological polar surface area (TPSA) is 0 Å². The van der Waals surface area contributed by atoms with E-state index >= 15 is 0 Å². The first-order valence-corrected chi connectivity index (χ1v) is 7.15. The van der Waals surface area contributed by atoms with Crippen LogP contribution in [0.2, 0.25) is 0 Å². The Morgan fingerprint density at radius 1 is 1.20 bits per heavy atom. The van der Waals surface area contributed by atoms with Crippen molar-refractivity contribution in [1.82, 2.24) is 0 Å². The maximum absolute atomic E-state index is 2.59. The SMILES string of the molecule is CCC(C)C1CC[C@H]2CCCC[C@]2(C)C1. The lowest BCUT2D eigenvalue weighted by Gasteiger charge is -2.49. The highest BCUT2D eigenvalue weighted by Crippen LogP contribution is 2.53. The van der Waals surface area contributed by atoms with Crippen LogP contribution in [0.25, 0.3) is 0 Å². The van der Waals surface area contributed by atoms with Gasteiger partial charge in [-0.05, 0) is 55.3 Å². The fraction of sp³-hybridized carbons (Fsp3) is 1.00. The summed E-state index contributed by atoms with van der Waals surface area (Å²) in [7, 11) is 0. The van der Waals surface area contributed by atoms with Gasteiger partial charge in [0.1, 0.15) is 0 Å². The molecule has 0 aromatic rings. The van der Waals surface area contributed by atoms with E-state index in [-0.39, 0.29) is 0 Å². The van der Waals surface area contributed by atoms with Crippen molar-refractivity contribution in [2.45, 2.75) is 72.1 Å². The van der Waals surface area contributed by atoms with Gasteiger partial charge in [-0.2, -0.15) is 0 Å². The molecule has 2 aliphatic rings. The van der Waals surface area contributed by atoms with E-state index in [4.69, 9.17) is 0 Å². The van der Waals surface area contributed by atoms with Crippen molar-refractivity contribution in [1.29, 1.82) is 0 Å². The van der Waals surface area contributed by atoms with Gasteiger partial charge in [0.05, 0.1) is 0 Å². The number of rotatable bonds is 2. The first kappa shape index (κ1) is 11.5. The Balaban J connectivity index is 2.01. The summed E-state index contributed by atoms with van der Waals surface area (Å²) in [5.74, 6) is 3.07. The molecule has 2 saturated carbocycles. The summed E-state index contributed by atoms with van der Waals surface area (Å²) in [6, 6.07) is 0. The predicted octanol–water partition coefficient (Wildman–Crippen LogP) is 5.03. The molecule has 0 N–H and O–H groups in total. The van der Waals surface area contributed by atoms with E-state index in [1.165, 1.54) is 51.4 Å². The van der Waals surface area contributed by atoms with Gasteiger partial charge in [0.25, 0.3) is 0 Å². The smallest absolute Gasteiger partial charge is 0.0295 e. The molecule has 0 radical (unpaired) electrons. The first-order chi connectivity index (χ1) is 7.15. The van der Waals surface area contributed by atoms with Crippen LogP contribution in [0.4, 0.5) is 0 Å². The number of hydrogen-bond acceptors (Lipinski definition) is 0. The van der Waals surface area contributed by atoms with E-state index in [0.717, 1.165) is 23.2 Å². The molecule has 88 valence electrons. The van der Waals surface area contributed by atoms with Crippen LogP contribution in [0.1, 0.15) is 72.1 Å². The van der Waals surface area contributed by atoms with E-state index in [1.807, 2.05) is 0 Å². The lowest BCUT2D eigenvalue weighted by Crippen LogP contribution is -2.38. The van der Waals surface area contributed by atoms with Crippen LogP contribution in [0.5, 0.6) is 0 Å². The maximum atomic E-state index is 2.59. The third-order valence-corrected chi connectivity index (χ3v) is 5.60. The molecule has 0 bridgehead atoms. The molecular weight excluding hydrogens is 180 g/mol. The predicted molar refractivity (Wildman–Crippen MR) is 66.9 cm³/mol. The van der Waals surface area contributed by atoms with Crippen LogP contribution in [0.3, 0.4) is 0 Å². The largest absolute Gasteiger partial charge is 0.0651 e. The molecule has 0 amide bonds. The molecule has 0 heterocycles. The zero-order chi connectivity index (χ0) is 10.9. The number of fused-ring (bicyclic) bond motifs is 1. The molecule has 0 spiro atoms. The molecule has 15 heavy (non-hydrogen) atoms. The molecule has 0 saturated heterocycles. The molecule has 4 atom stereocenters. The summed E-state index contributed by atoms with van der Waals surface area (Å²) < 4.78 is 0. The van der Waals surface area contributed by atoms with E-state index in [0.29, 0.717) is 0 Å². The summed E-state index contributed by atoms with van der Waals surface area (Å²) in [6.45, 7) is 7.42. The van der Waals surface area contributed by atoms with Crippen molar-refractivity contribution < 1.29 is 0 Å². The monoisotopic (exact) mass is 208 g/mol. The van der Waals surface area contributed by atoms with Gasteiger partial charge in [-0.15, -0.1) is 0 Å². The lowest BCUT2D eigenvalue weighted by molar-refractivity contribution is 0.0176. The fourth-order valence-corrected chi connectivity index (χ4v) is 4.17. The molecule has 0 aliphatic heterocycles. The Hall–Kier alpha value is 0. The van der Waals surface area contributed by atoms with Crippen molar-refractivity contribution >= 4 is 0 Å². The summed E-state index contributed by atoms with van der Waals surface area (Å²) in [6.07, 6.45) is 12.0. The van der Waals surface area contributed by atoms with Gasteiger partial charge in [0, 0.05) is 0 Å². The average molecular weight is 208 g/mol. The van der Waals surface area contributed by atoms with Gasteiger partial charge < -0.3 is 0 Å². The fourth-order valence-electron chi connectivity index (χ4n) is 4.17. The standard InChI is InChI=1S/C15H28/c1-4-12(2)13-8-9-14-7-5-6-10-15(14,3)11-13/h12-14H,4-11H2,1-3H3/t12?,13?,14-,15-/m1/s1. The molecule has 0 aromatic carbocycles. The third kappa shape index (κ3) is 2.24. The highest BCUT2D eigenvalue weighted by atomic mass is 14.5. The molecule has 0 heteroatoms. The molecule has 2 rings (SSSR count). The van der Waals surface area contributed by atoms with Gasteiger partial charge >= 0.3 is 0 Å². The highest BCUT2D eigenvalue weighted by Gasteiger charge is 2.42. The zero-order valence-corrected chi connectivity index (χ0v) is 10.9. The molecule has 2 unspecified atom stereocenters. The Morgan fingerprint density at radius 3 is 2.73 bits per heavy atom. The minimum Gasteiger partial charge on any atom is -0.0651 e. The highest BCUT2D eigenvalue weighted by molar-refractivity contribution is 4.92. The normalized spacial score (nSPS) is 43.4. The zero-order valence-electron chi connectivity index (χ0n) is 10.9. The van der Waals surface area contributed by atoms with Gasteiger partial charge in [0.15, 0.2) is 0 Å². The van der Waals surface area contributed by atoms with Crippen molar-refractivity contribution in [2.75, 3.05) is 0 Å². The van der Waals surface area contributed by atoms with Crippen LogP contribution in [-0.2, 0) is 0 Å². The van der Waals surface area contributed by atoms with Crippen LogP contribution < -0.4 is 0 Å². The van der Waals surface area contributed by atoms with Gasteiger partial charge in [-0.25, -0.2) is 0 Å². The third-order valence-electron chi connectivity index (χ3n) is 5.60. The van der Waals surface area contributed by atoms with E-state index in [2.05, 4.69) is 20.8 Å². The molecular formula is C15H28. The van der Waals surface area contributed by atoms with Crippen molar-refractivity contribution in [3.05, 3.63) is 0 Å². The average Bonchev–Trinajstić information content (AvgIpc) is 2.26.